The Bertz CT molecular complexity index is 567. The number of nitrogens with one attached hydrogen (secondary N) is 1. The summed E-state index contributed by atoms with van der Waals surface area (Å²) in [5.41, 5.74) is 2.00. The molecular weight excluding hydrogens is 230 g/mol. The summed E-state index contributed by atoms with van der Waals surface area (Å²) in [6, 6.07) is 0.639. The second kappa shape index (κ2) is 4.24. The molecule has 0 amide bonds. The van der Waals surface area contributed by atoms with Gasteiger partial charge in [0.25, 0.3) is 5.89 Å². The van der Waals surface area contributed by atoms with Gasteiger partial charge < -0.3 is 14.2 Å². The largest absolute Gasteiger partial charge is 0.466 e. The van der Waals surface area contributed by atoms with E-state index < -0.39 is 0 Å². The molecule has 2 aromatic heterocycles. The molecule has 18 heavy (non-hydrogen) atoms. The van der Waals surface area contributed by atoms with Gasteiger partial charge in [0, 0.05) is 11.6 Å². The third-order valence-electron chi connectivity index (χ3n) is 3.36. The van der Waals surface area contributed by atoms with Crippen molar-refractivity contribution in [3.05, 3.63) is 23.0 Å². The van der Waals surface area contributed by atoms with Gasteiger partial charge in [-0.25, -0.2) is 0 Å². The SMILES string of the molecule is Cc1oc(C)c(-c2nnc(CNC3CC3)o2)c1C. The van der Waals surface area contributed by atoms with Crippen LogP contribution < -0.4 is 5.32 Å². The molecule has 5 nitrogen and oxygen atoms in total. The summed E-state index contributed by atoms with van der Waals surface area (Å²) in [7, 11) is 0. The summed E-state index contributed by atoms with van der Waals surface area (Å²) in [4.78, 5) is 0. The highest BCUT2D eigenvalue weighted by Gasteiger charge is 2.22. The average Bonchev–Trinajstić information content (AvgIpc) is 2.99. The zero-order chi connectivity index (χ0) is 12.7. The summed E-state index contributed by atoms with van der Waals surface area (Å²) < 4.78 is 11.3. The molecule has 0 bridgehead atoms. The van der Waals surface area contributed by atoms with Crippen LogP contribution in [0.1, 0.15) is 35.8 Å². The number of hydrogen-bond acceptors (Lipinski definition) is 5. The fourth-order valence-corrected chi connectivity index (χ4v) is 2.05. The number of aryl methyl sites for hydroxylation is 2. The molecule has 0 spiro atoms. The van der Waals surface area contributed by atoms with Gasteiger partial charge in [-0.15, -0.1) is 10.2 Å². The molecule has 96 valence electrons. The molecular formula is C13H17N3O2. The van der Waals surface area contributed by atoms with Crippen LogP contribution in [0, 0.1) is 20.8 Å². The van der Waals surface area contributed by atoms with Crippen LogP contribution in [0.15, 0.2) is 8.83 Å². The topological polar surface area (TPSA) is 64.1 Å². The molecule has 0 aromatic carbocycles. The summed E-state index contributed by atoms with van der Waals surface area (Å²) in [6.45, 7) is 6.51. The summed E-state index contributed by atoms with van der Waals surface area (Å²) in [5, 5.41) is 11.5. The first kappa shape index (κ1) is 11.5. The number of hydrogen-bond donors (Lipinski definition) is 1. The van der Waals surface area contributed by atoms with E-state index in [1.807, 2.05) is 20.8 Å². The van der Waals surface area contributed by atoms with E-state index >= 15 is 0 Å². The Labute approximate surface area is 106 Å². The number of nitrogens with zero attached hydrogens (tertiary/aromatic N) is 2. The average molecular weight is 247 g/mol. The Morgan fingerprint density at radius 3 is 2.50 bits per heavy atom. The van der Waals surface area contributed by atoms with Crippen LogP contribution in [0.3, 0.4) is 0 Å². The predicted molar refractivity (Wildman–Crippen MR) is 66.1 cm³/mol. The van der Waals surface area contributed by atoms with Crippen molar-refractivity contribution in [3.8, 4) is 11.5 Å². The van der Waals surface area contributed by atoms with Gasteiger partial charge in [0.1, 0.15) is 11.5 Å². The molecule has 1 fully saturated rings. The monoisotopic (exact) mass is 247 g/mol. The fourth-order valence-electron chi connectivity index (χ4n) is 2.05. The molecule has 0 radical (unpaired) electrons. The second-order valence-electron chi connectivity index (χ2n) is 4.87. The highest BCUT2D eigenvalue weighted by atomic mass is 16.4. The molecule has 3 rings (SSSR count). The molecule has 5 heteroatoms. The smallest absolute Gasteiger partial charge is 0.251 e. The summed E-state index contributed by atoms with van der Waals surface area (Å²) >= 11 is 0. The maximum absolute atomic E-state index is 5.68. The van der Waals surface area contributed by atoms with E-state index in [-0.39, 0.29) is 0 Å². The molecule has 0 saturated heterocycles. The van der Waals surface area contributed by atoms with Crippen LogP contribution in [-0.2, 0) is 6.54 Å². The molecule has 1 aliphatic rings. The van der Waals surface area contributed by atoms with E-state index in [0.29, 0.717) is 24.4 Å². The van der Waals surface area contributed by atoms with Crippen molar-refractivity contribution in [1.82, 2.24) is 15.5 Å². The zero-order valence-electron chi connectivity index (χ0n) is 10.9. The molecule has 1 aliphatic carbocycles. The number of rotatable bonds is 4. The normalized spacial score (nSPS) is 15.3. The van der Waals surface area contributed by atoms with Gasteiger partial charge in [-0.3, -0.25) is 0 Å². The Kier molecular flexibility index (Phi) is 2.70. The Hall–Kier alpha value is -1.62. The maximum atomic E-state index is 5.68. The van der Waals surface area contributed by atoms with Gasteiger partial charge in [-0.2, -0.15) is 0 Å². The molecule has 1 N–H and O–H groups in total. The predicted octanol–water partition coefficient (Wildman–Crippen LogP) is 2.51. The van der Waals surface area contributed by atoms with Gasteiger partial charge >= 0.3 is 0 Å². The lowest BCUT2D eigenvalue weighted by Crippen LogP contribution is -2.15. The maximum Gasteiger partial charge on any atom is 0.251 e. The standard InChI is InChI=1S/C13H17N3O2/c1-7-8(2)17-9(3)12(7)13-16-15-11(18-13)6-14-10-4-5-10/h10,14H,4-6H2,1-3H3. The van der Waals surface area contributed by atoms with Crippen LogP contribution in [0.25, 0.3) is 11.5 Å². The third kappa shape index (κ3) is 2.06. The van der Waals surface area contributed by atoms with Crippen LogP contribution >= 0.6 is 0 Å². The minimum atomic E-state index is 0.550. The first-order chi connectivity index (χ1) is 8.65. The van der Waals surface area contributed by atoms with E-state index in [9.17, 15) is 0 Å². The van der Waals surface area contributed by atoms with Crippen molar-refractivity contribution in [2.24, 2.45) is 0 Å². The van der Waals surface area contributed by atoms with Gasteiger partial charge in [-0.05, 0) is 33.6 Å². The molecule has 1 saturated carbocycles. The number of aromatic nitrogens is 2. The van der Waals surface area contributed by atoms with E-state index in [1.54, 1.807) is 0 Å². The van der Waals surface area contributed by atoms with Gasteiger partial charge in [0.05, 0.1) is 12.1 Å². The zero-order valence-corrected chi connectivity index (χ0v) is 10.9. The first-order valence-corrected chi connectivity index (χ1v) is 6.28. The second-order valence-corrected chi connectivity index (χ2v) is 4.87. The summed E-state index contributed by atoms with van der Waals surface area (Å²) in [6.07, 6.45) is 2.50. The van der Waals surface area contributed by atoms with Crippen LogP contribution in [0.5, 0.6) is 0 Å². The molecule has 2 aromatic rings. The summed E-state index contributed by atoms with van der Waals surface area (Å²) in [5.74, 6) is 2.91. The lowest BCUT2D eigenvalue weighted by molar-refractivity contribution is 0.473. The van der Waals surface area contributed by atoms with Crippen LogP contribution in [-0.4, -0.2) is 16.2 Å². The van der Waals surface area contributed by atoms with Crippen LogP contribution in [0.4, 0.5) is 0 Å². The van der Waals surface area contributed by atoms with Gasteiger partial charge in [0.15, 0.2) is 0 Å². The van der Waals surface area contributed by atoms with Crippen molar-refractivity contribution in [3.63, 3.8) is 0 Å². The van der Waals surface area contributed by atoms with Gasteiger partial charge in [-0.1, -0.05) is 0 Å². The van der Waals surface area contributed by atoms with E-state index in [1.165, 1.54) is 12.8 Å². The van der Waals surface area contributed by atoms with Crippen molar-refractivity contribution >= 4 is 0 Å². The highest BCUT2D eigenvalue weighted by molar-refractivity contribution is 5.61. The fraction of sp³-hybridized carbons (Fsp3) is 0.538. The van der Waals surface area contributed by atoms with Gasteiger partial charge in [0.2, 0.25) is 5.89 Å². The van der Waals surface area contributed by atoms with E-state index in [4.69, 9.17) is 8.83 Å². The van der Waals surface area contributed by atoms with Crippen molar-refractivity contribution in [1.29, 1.82) is 0 Å². The van der Waals surface area contributed by atoms with E-state index in [0.717, 1.165) is 22.6 Å². The molecule has 0 atom stereocenters. The third-order valence-corrected chi connectivity index (χ3v) is 3.36. The number of furan rings is 1. The lowest BCUT2D eigenvalue weighted by Gasteiger charge is -1.96. The molecule has 0 aliphatic heterocycles. The minimum Gasteiger partial charge on any atom is -0.466 e. The first-order valence-electron chi connectivity index (χ1n) is 6.28. The lowest BCUT2D eigenvalue weighted by atomic mass is 10.1. The quantitative estimate of drug-likeness (QED) is 0.899. The van der Waals surface area contributed by atoms with Crippen molar-refractivity contribution in [2.45, 2.75) is 46.2 Å². The van der Waals surface area contributed by atoms with E-state index in [2.05, 4.69) is 15.5 Å². The Morgan fingerprint density at radius 1 is 1.11 bits per heavy atom. The molecule has 2 heterocycles. The Balaban J connectivity index is 1.82. The van der Waals surface area contributed by atoms with Crippen molar-refractivity contribution in [2.75, 3.05) is 0 Å². The van der Waals surface area contributed by atoms with Crippen molar-refractivity contribution < 1.29 is 8.83 Å². The minimum absolute atomic E-state index is 0.550. The van der Waals surface area contributed by atoms with Crippen LogP contribution in [0.2, 0.25) is 0 Å². The highest BCUT2D eigenvalue weighted by Crippen LogP contribution is 2.30. The molecule has 0 unspecified atom stereocenters. The Morgan fingerprint density at radius 2 is 1.89 bits per heavy atom.